The van der Waals surface area contributed by atoms with E-state index in [9.17, 15) is 0 Å². The smallest absolute Gasteiger partial charge is 0.0979 e. The molecule has 3 heteroatoms. The summed E-state index contributed by atoms with van der Waals surface area (Å²) in [6, 6.07) is 0. The first-order valence-corrected chi connectivity index (χ1v) is 4.32. The molecule has 10 heavy (non-hydrogen) atoms. The van der Waals surface area contributed by atoms with Gasteiger partial charge < -0.3 is 4.57 Å². The highest BCUT2D eigenvalue weighted by molar-refractivity contribution is 8.00. The molecule has 0 amide bonds. The average molecular weight is 154 g/mol. The van der Waals surface area contributed by atoms with Crippen molar-refractivity contribution in [2.75, 3.05) is 0 Å². The molecular weight excluding hydrogens is 144 g/mol. The van der Waals surface area contributed by atoms with Crippen molar-refractivity contribution in [2.24, 2.45) is 7.05 Å². The molecule has 1 aliphatic rings. The van der Waals surface area contributed by atoms with Crippen LogP contribution in [0.4, 0.5) is 0 Å². The van der Waals surface area contributed by atoms with Gasteiger partial charge in [0.05, 0.1) is 17.0 Å². The number of hydrogen-bond acceptors (Lipinski definition) is 2. The van der Waals surface area contributed by atoms with Crippen LogP contribution < -0.4 is 0 Å². The Kier molecular flexibility index (Phi) is 1.27. The molecule has 2 nitrogen and oxygen atoms in total. The van der Waals surface area contributed by atoms with Crippen LogP contribution in [-0.4, -0.2) is 14.8 Å². The zero-order valence-corrected chi connectivity index (χ0v) is 6.98. The van der Waals surface area contributed by atoms with E-state index in [1.54, 1.807) is 0 Å². The number of thioether (sulfide) groups is 1. The Hall–Kier alpha value is -0.440. The Morgan fingerprint density at radius 1 is 1.80 bits per heavy atom. The van der Waals surface area contributed by atoms with Crippen molar-refractivity contribution in [3.8, 4) is 0 Å². The molecule has 54 valence electrons. The van der Waals surface area contributed by atoms with Crippen LogP contribution in [0.2, 0.25) is 0 Å². The lowest BCUT2D eigenvalue weighted by Gasteiger charge is -1.98. The first-order chi connectivity index (χ1) is 4.77. The number of hydrogen-bond donors (Lipinski definition) is 0. The summed E-state index contributed by atoms with van der Waals surface area (Å²) in [6.07, 6.45) is 3.03. The molecule has 1 aliphatic heterocycles. The monoisotopic (exact) mass is 154 g/mol. The lowest BCUT2D eigenvalue weighted by Crippen LogP contribution is -1.93. The summed E-state index contributed by atoms with van der Waals surface area (Å²) < 4.78 is 2.10. The molecule has 2 rings (SSSR count). The summed E-state index contributed by atoms with van der Waals surface area (Å²) in [5.41, 5.74) is 1.28. The molecule has 1 aromatic rings. The third-order valence-corrected chi connectivity index (χ3v) is 3.06. The first kappa shape index (κ1) is 6.28. The van der Waals surface area contributed by atoms with Gasteiger partial charge in [-0.15, -0.1) is 11.8 Å². The fourth-order valence-corrected chi connectivity index (χ4v) is 2.37. The molecule has 0 saturated heterocycles. The quantitative estimate of drug-likeness (QED) is 0.563. The Morgan fingerprint density at radius 3 is 3.30 bits per heavy atom. The molecule has 0 fully saturated rings. The predicted molar refractivity (Wildman–Crippen MR) is 42.2 cm³/mol. The molecular formula is C7H10N2S. The maximum Gasteiger partial charge on any atom is 0.0979 e. The van der Waals surface area contributed by atoms with E-state index in [-0.39, 0.29) is 0 Å². The van der Waals surface area contributed by atoms with Crippen molar-refractivity contribution in [3.05, 3.63) is 12.0 Å². The highest BCUT2D eigenvalue weighted by Crippen LogP contribution is 2.35. The van der Waals surface area contributed by atoms with E-state index < -0.39 is 0 Å². The summed E-state index contributed by atoms with van der Waals surface area (Å²) in [7, 11) is 2.05. The Morgan fingerprint density at radius 2 is 2.60 bits per heavy atom. The van der Waals surface area contributed by atoms with E-state index in [2.05, 4.69) is 23.5 Å². The van der Waals surface area contributed by atoms with Crippen molar-refractivity contribution in [2.45, 2.75) is 23.6 Å². The van der Waals surface area contributed by atoms with Crippen LogP contribution in [0.3, 0.4) is 0 Å². The minimum absolute atomic E-state index is 0.727. The molecule has 0 saturated carbocycles. The second-order valence-electron chi connectivity index (χ2n) is 2.74. The van der Waals surface area contributed by atoms with Gasteiger partial charge in [0.2, 0.25) is 0 Å². The van der Waals surface area contributed by atoms with E-state index in [1.165, 1.54) is 10.7 Å². The van der Waals surface area contributed by atoms with Crippen molar-refractivity contribution in [3.63, 3.8) is 0 Å². The zero-order valence-electron chi connectivity index (χ0n) is 6.16. The zero-order chi connectivity index (χ0) is 7.14. The third kappa shape index (κ3) is 0.770. The van der Waals surface area contributed by atoms with Crippen LogP contribution in [0.1, 0.15) is 12.6 Å². The number of nitrogens with zero attached hydrogens (tertiary/aromatic N) is 2. The van der Waals surface area contributed by atoms with Crippen LogP contribution >= 0.6 is 11.8 Å². The van der Waals surface area contributed by atoms with E-state index >= 15 is 0 Å². The van der Waals surface area contributed by atoms with E-state index in [0.29, 0.717) is 0 Å². The summed E-state index contributed by atoms with van der Waals surface area (Å²) in [4.78, 5) is 4.29. The van der Waals surface area contributed by atoms with Crippen LogP contribution in [0.15, 0.2) is 11.4 Å². The number of rotatable bonds is 0. The van der Waals surface area contributed by atoms with Gasteiger partial charge in [-0.1, -0.05) is 6.92 Å². The van der Waals surface area contributed by atoms with Gasteiger partial charge in [-0.3, -0.25) is 0 Å². The molecule has 0 N–H and O–H groups in total. The van der Waals surface area contributed by atoms with E-state index in [0.717, 1.165) is 11.7 Å². The van der Waals surface area contributed by atoms with Gasteiger partial charge in [-0.25, -0.2) is 4.98 Å². The summed E-state index contributed by atoms with van der Waals surface area (Å²) in [6.45, 7) is 2.24. The van der Waals surface area contributed by atoms with Crippen LogP contribution in [0.25, 0.3) is 0 Å². The normalized spacial score (nSPS) is 23.2. The number of aromatic nitrogens is 2. The minimum atomic E-state index is 0.727. The Balaban J connectivity index is 2.44. The third-order valence-electron chi connectivity index (χ3n) is 1.75. The predicted octanol–water partition coefficient (Wildman–Crippen LogP) is 1.46. The Bertz CT molecular complexity index is 254. The fourth-order valence-electron chi connectivity index (χ4n) is 1.26. The lowest BCUT2D eigenvalue weighted by molar-refractivity contribution is 0.821. The van der Waals surface area contributed by atoms with Crippen molar-refractivity contribution in [1.82, 2.24) is 9.55 Å². The van der Waals surface area contributed by atoms with Gasteiger partial charge in [0.1, 0.15) is 0 Å². The molecule has 1 unspecified atom stereocenters. The van der Waals surface area contributed by atoms with Crippen molar-refractivity contribution in [1.29, 1.82) is 0 Å². The van der Waals surface area contributed by atoms with E-state index in [1.807, 2.05) is 18.1 Å². The number of imidazole rings is 1. The van der Waals surface area contributed by atoms with Gasteiger partial charge in [-0.05, 0) is 0 Å². The van der Waals surface area contributed by atoms with E-state index in [4.69, 9.17) is 0 Å². The van der Waals surface area contributed by atoms with Crippen LogP contribution in [0, 0.1) is 0 Å². The molecule has 0 bridgehead atoms. The van der Waals surface area contributed by atoms with Gasteiger partial charge in [-0.2, -0.15) is 0 Å². The van der Waals surface area contributed by atoms with Gasteiger partial charge >= 0.3 is 0 Å². The number of fused-ring (bicyclic) bond motifs is 1. The van der Waals surface area contributed by atoms with Gasteiger partial charge in [0, 0.05) is 18.7 Å². The van der Waals surface area contributed by atoms with Crippen LogP contribution in [-0.2, 0) is 13.5 Å². The second kappa shape index (κ2) is 2.02. The standard InChI is InChI=1S/C7H10N2S/c1-5-3-6-7(10-5)9(2)4-8-6/h4-5H,3H2,1-2H3. The second-order valence-corrected chi connectivity index (χ2v) is 4.17. The lowest BCUT2D eigenvalue weighted by atomic mass is 10.3. The molecule has 1 aromatic heterocycles. The molecule has 0 aromatic carbocycles. The maximum atomic E-state index is 4.29. The topological polar surface area (TPSA) is 17.8 Å². The Labute approximate surface area is 64.6 Å². The number of aryl methyl sites for hydroxylation is 1. The SMILES string of the molecule is CC1Cc2ncn(C)c2S1. The minimum Gasteiger partial charge on any atom is -0.329 e. The highest BCUT2D eigenvalue weighted by Gasteiger charge is 2.21. The molecule has 0 spiro atoms. The van der Waals surface area contributed by atoms with Gasteiger partial charge in [0.15, 0.2) is 0 Å². The fraction of sp³-hybridized carbons (Fsp3) is 0.571. The van der Waals surface area contributed by atoms with Gasteiger partial charge in [0.25, 0.3) is 0 Å². The molecule has 1 atom stereocenters. The average Bonchev–Trinajstić information content (AvgIpc) is 2.35. The van der Waals surface area contributed by atoms with Crippen molar-refractivity contribution >= 4 is 11.8 Å². The molecule has 0 aliphatic carbocycles. The van der Waals surface area contributed by atoms with Crippen molar-refractivity contribution < 1.29 is 0 Å². The maximum absolute atomic E-state index is 4.29. The summed E-state index contributed by atoms with van der Waals surface area (Å²) in [5.74, 6) is 0. The summed E-state index contributed by atoms with van der Waals surface area (Å²) >= 11 is 1.92. The summed E-state index contributed by atoms with van der Waals surface area (Å²) in [5, 5.41) is 2.08. The highest BCUT2D eigenvalue weighted by atomic mass is 32.2. The molecule has 2 heterocycles. The first-order valence-electron chi connectivity index (χ1n) is 3.44. The largest absolute Gasteiger partial charge is 0.329 e. The van der Waals surface area contributed by atoms with Crippen LogP contribution in [0.5, 0.6) is 0 Å². The molecule has 0 radical (unpaired) electrons.